The van der Waals surface area contributed by atoms with E-state index in [1.165, 1.54) is 24.3 Å². The number of rotatable bonds is 7. The van der Waals surface area contributed by atoms with E-state index >= 15 is 0 Å². The van der Waals surface area contributed by atoms with Crippen LogP contribution in [0.4, 0.5) is 13.2 Å². The van der Waals surface area contributed by atoms with Gasteiger partial charge in [-0.05, 0) is 68.9 Å². The van der Waals surface area contributed by atoms with Gasteiger partial charge in [-0.25, -0.2) is 4.79 Å². The van der Waals surface area contributed by atoms with Crippen LogP contribution < -0.4 is 4.74 Å². The van der Waals surface area contributed by atoms with Crippen molar-refractivity contribution in [2.45, 2.75) is 51.8 Å². The average molecular weight is 446 g/mol. The van der Waals surface area contributed by atoms with Crippen LogP contribution in [-0.4, -0.2) is 22.3 Å². The number of allylic oxidation sites excluding steroid dienone is 2. The van der Waals surface area contributed by atoms with Crippen LogP contribution in [0.2, 0.25) is 0 Å². The Morgan fingerprint density at radius 2 is 1.81 bits per heavy atom. The third-order valence-electron chi connectivity index (χ3n) is 5.36. The molecule has 0 saturated heterocycles. The van der Waals surface area contributed by atoms with Crippen molar-refractivity contribution < 1.29 is 32.9 Å². The Labute approximate surface area is 184 Å². The van der Waals surface area contributed by atoms with Crippen LogP contribution in [0.15, 0.2) is 42.0 Å². The Balaban J connectivity index is 2.02. The summed E-state index contributed by atoms with van der Waals surface area (Å²) in [5.74, 6) is -1.25. The number of hydrogen-bond acceptors (Lipinski definition) is 3. The van der Waals surface area contributed by atoms with Gasteiger partial charge in [-0.1, -0.05) is 35.9 Å². The smallest absolute Gasteiger partial charge is 0.416 e. The lowest BCUT2D eigenvalue weighted by atomic mass is 9.94. The van der Waals surface area contributed by atoms with Crippen molar-refractivity contribution in [2.24, 2.45) is 0 Å². The van der Waals surface area contributed by atoms with Gasteiger partial charge in [-0.2, -0.15) is 13.2 Å². The lowest BCUT2D eigenvalue weighted by molar-refractivity contribution is -0.137. The predicted octanol–water partition coefficient (Wildman–Crippen LogP) is 6.72. The summed E-state index contributed by atoms with van der Waals surface area (Å²) in [5, 5.41) is 20.5. The predicted molar refractivity (Wildman–Crippen MR) is 117 cm³/mol. The molecule has 0 spiro atoms. The van der Waals surface area contributed by atoms with Crippen LogP contribution >= 0.6 is 0 Å². The Morgan fingerprint density at radius 3 is 2.31 bits per heavy atom. The molecule has 2 aromatic carbocycles. The van der Waals surface area contributed by atoms with Gasteiger partial charge in [0.05, 0.1) is 11.7 Å². The lowest BCUT2D eigenvalue weighted by Gasteiger charge is -2.28. The topological polar surface area (TPSA) is 66.8 Å². The molecule has 4 nitrogen and oxygen atoms in total. The molecule has 3 rings (SSSR count). The molecule has 0 aliphatic heterocycles. The normalized spacial score (nSPS) is 14.3. The summed E-state index contributed by atoms with van der Waals surface area (Å²) in [6, 6.07) is 6.10. The van der Waals surface area contributed by atoms with Gasteiger partial charge in [0.1, 0.15) is 17.1 Å². The summed E-state index contributed by atoms with van der Waals surface area (Å²) in [6.45, 7) is 3.81. The molecule has 0 heterocycles. The third kappa shape index (κ3) is 5.52. The Bertz CT molecular complexity index is 1040. The maximum Gasteiger partial charge on any atom is 0.416 e. The maximum atomic E-state index is 12.8. The Morgan fingerprint density at radius 1 is 1.16 bits per heavy atom. The number of benzene rings is 2. The molecule has 1 aliphatic carbocycles. The number of aromatic hydroxyl groups is 1. The molecule has 0 aromatic heterocycles. The van der Waals surface area contributed by atoms with Gasteiger partial charge < -0.3 is 14.9 Å². The van der Waals surface area contributed by atoms with E-state index in [4.69, 9.17) is 4.74 Å². The van der Waals surface area contributed by atoms with Crippen LogP contribution in [0.5, 0.6) is 11.5 Å². The van der Waals surface area contributed by atoms with Crippen LogP contribution in [0, 0.1) is 0 Å². The van der Waals surface area contributed by atoms with Gasteiger partial charge in [0, 0.05) is 5.56 Å². The molecule has 0 atom stereocenters. The first-order valence-corrected chi connectivity index (χ1v) is 10.3. The molecule has 2 N–H and O–H groups in total. The number of carboxylic acids is 1. The highest BCUT2D eigenvalue weighted by molar-refractivity contribution is 5.97. The number of alkyl halides is 3. The molecular weight excluding hydrogens is 421 g/mol. The first-order valence-electron chi connectivity index (χ1n) is 10.3. The third-order valence-corrected chi connectivity index (χ3v) is 5.36. The standard InChI is InChI=1S/C25H25F3O4/c1-15(2)6-13-20-21(32-19-4-3-5-19)14-17(22(23(20)29)24(30)31)10-7-16-8-11-18(12-9-16)25(26,27)28/h6-12,14,19,29H,3-5,13H2,1-2H3,(H,30,31)/b10-7+. The average Bonchev–Trinajstić information content (AvgIpc) is 2.67. The van der Waals surface area contributed by atoms with Crippen LogP contribution in [0.25, 0.3) is 12.2 Å². The van der Waals surface area contributed by atoms with Crippen molar-refractivity contribution in [3.05, 3.63) is 69.8 Å². The minimum atomic E-state index is -4.43. The van der Waals surface area contributed by atoms with E-state index in [1.54, 1.807) is 6.07 Å². The van der Waals surface area contributed by atoms with E-state index in [0.29, 0.717) is 23.3 Å². The van der Waals surface area contributed by atoms with Crippen molar-refractivity contribution in [1.82, 2.24) is 0 Å². The first kappa shape index (κ1) is 23.4. The summed E-state index contributed by atoms with van der Waals surface area (Å²) in [6.07, 6.45) is 3.58. The fourth-order valence-corrected chi connectivity index (χ4v) is 3.31. The van der Waals surface area contributed by atoms with Crippen LogP contribution in [0.1, 0.15) is 65.7 Å². The zero-order valence-electron chi connectivity index (χ0n) is 17.9. The van der Waals surface area contributed by atoms with E-state index in [1.807, 2.05) is 19.9 Å². The molecule has 1 fully saturated rings. The zero-order valence-corrected chi connectivity index (χ0v) is 17.9. The SMILES string of the molecule is CC(C)=CCc1c(OC2CCC2)cc(/C=C/c2ccc(C(F)(F)F)cc2)c(C(=O)O)c1O. The quantitative estimate of drug-likeness (QED) is 0.366. The maximum absolute atomic E-state index is 12.8. The first-order chi connectivity index (χ1) is 15.1. The van der Waals surface area contributed by atoms with Crippen molar-refractivity contribution in [3.63, 3.8) is 0 Å². The molecule has 0 unspecified atom stereocenters. The van der Waals surface area contributed by atoms with Gasteiger partial charge in [0.25, 0.3) is 0 Å². The van der Waals surface area contributed by atoms with Gasteiger partial charge in [0.15, 0.2) is 0 Å². The number of hydrogen-bond donors (Lipinski definition) is 2. The van der Waals surface area contributed by atoms with Gasteiger partial charge in [-0.3, -0.25) is 0 Å². The van der Waals surface area contributed by atoms with Crippen LogP contribution in [0.3, 0.4) is 0 Å². The molecule has 1 saturated carbocycles. The number of phenols is 1. The molecule has 0 radical (unpaired) electrons. The van der Waals surface area contributed by atoms with Gasteiger partial charge >= 0.3 is 12.1 Å². The van der Waals surface area contributed by atoms with Crippen molar-refractivity contribution in [1.29, 1.82) is 0 Å². The summed E-state index contributed by atoms with van der Waals surface area (Å²) in [5.41, 5.74) is 1.06. The summed E-state index contributed by atoms with van der Waals surface area (Å²) in [4.78, 5) is 11.9. The minimum Gasteiger partial charge on any atom is -0.507 e. The number of halogens is 3. The second-order valence-corrected chi connectivity index (χ2v) is 8.08. The number of ether oxygens (including phenoxy) is 1. The summed E-state index contributed by atoms with van der Waals surface area (Å²) in [7, 11) is 0. The van der Waals surface area contributed by atoms with Crippen LogP contribution in [-0.2, 0) is 12.6 Å². The molecule has 170 valence electrons. The molecule has 32 heavy (non-hydrogen) atoms. The van der Waals surface area contributed by atoms with E-state index in [9.17, 15) is 28.2 Å². The van der Waals surface area contributed by atoms with E-state index < -0.39 is 17.7 Å². The number of aromatic carboxylic acids is 1. The minimum absolute atomic E-state index is 0.0160. The van der Waals surface area contributed by atoms with Gasteiger partial charge in [0.2, 0.25) is 0 Å². The lowest BCUT2D eigenvalue weighted by Crippen LogP contribution is -2.25. The highest BCUT2D eigenvalue weighted by Crippen LogP contribution is 2.38. The van der Waals surface area contributed by atoms with Crippen molar-refractivity contribution >= 4 is 18.1 Å². The highest BCUT2D eigenvalue weighted by atomic mass is 19.4. The fraction of sp³-hybridized carbons (Fsp3) is 0.320. The zero-order chi connectivity index (χ0) is 23.5. The van der Waals surface area contributed by atoms with Crippen molar-refractivity contribution in [2.75, 3.05) is 0 Å². The van der Waals surface area contributed by atoms with Gasteiger partial charge in [-0.15, -0.1) is 0 Å². The molecule has 7 heteroatoms. The number of carbonyl (C=O) groups is 1. The second kappa shape index (κ2) is 9.51. The summed E-state index contributed by atoms with van der Waals surface area (Å²) < 4.78 is 44.3. The molecular formula is C25H25F3O4. The Hall–Kier alpha value is -3.22. The van der Waals surface area contributed by atoms with Crippen molar-refractivity contribution in [3.8, 4) is 11.5 Å². The molecule has 0 bridgehead atoms. The summed E-state index contributed by atoms with van der Waals surface area (Å²) >= 11 is 0. The highest BCUT2D eigenvalue weighted by Gasteiger charge is 2.30. The van der Waals surface area contributed by atoms with E-state index in [2.05, 4.69) is 0 Å². The van der Waals surface area contributed by atoms with E-state index in [0.717, 1.165) is 37.0 Å². The second-order valence-electron chi connectivity index (χ2n) is 8.08. The Kier molecular flexibility index (Phi) is 6.96. The fourth-order valence-electron chi connectivity index (χ4n) is 3.31. The monoisotopic (exact) mass is 446 g/mol. The number of carboxylic acid groups (broad SMARTS) is 1. The largest absolute Gasteiger partial charge is 0.507 e. The molecule has 2 aromatic rings. The van der Waals surface area contributed by atoms with E-state index in [-0.39, 0.29) is 23.0 Å². The molecule has 1 aliphatic rings. The molecule has 0 amide bonds.